The molecule has 0 aliphatic carbocycles. The molecular weight excluding hydrogens is 368 g/mol. The van der Waals surface area contributed by atoms with Crippen LogP contribution in [-0.4, -0.2) is 23.9 Å². The number of hydrogen-bond donors (Lipinski definition) is 1. The molecule has 1 heterocycles. The van der Waals surface area contributed by atoms with E-state index in [9.17, 15) is 24.5 Å². The third kappa shape index (κ3) is 4.04. The fourth-order valence-electron chi connectivity index (χ4n) is 2.54. The summed E-state index contributed by atoms with van der Waals surface area (Å²) in [4.78, 5) is 46.0. The van der Waals surface area contributed by atoms with Crippen LogP contribution in [0.2, 0.25) is 0 Å². The van der Waals surface area contributed by atoms with Crippen molar-refractivity contribution in [2.45, 2.75) is 6.42 Å². The quantitative estimate of drug-likeness (QED) is 0.408. The van der Waals surface area contributed by atoms with Crippen molar-refractivity contribution < 1.29 is 23.7 Å². The van der Waals surface area contributed by atoms with Gasteiger partial charge in [0.05, 0.1) is 23.8 Å². The van der Waals surface area contributed by atoms with Gasteiger partial charge in [0.1, 0.15) is 0 Å². The molecule has 0 bridgehead atoms. The van der Waals surface area contributed by atoms with Gasteiger partial charge in [-0.25, -0.2) is 4.79 Å². The van der Waals surface area contributed by atoms with Gasteiger partial charge in [-0.15, -0.1) is 0 Å². The van der Waals surface area contributed by atoms with E-state index in [1.807, 2.05) is 0 Å². The van der Waals surface area contributed by atoms with Crippen LogP contribution >= 0.6 is 0 Å². The molecule has 2 aromatic carbocycles. The summed E-state index contributed by atoms with van der Waals surface area (Å²) < 4.78 is 9.60. The Morgan fingerprint density at radius 3 is 2.50 bits per heavy atom. The lowest BCUT2D eigenvalue weighted by atomic mass is 10.1. The van der Waals surface area contributed by atoms with Crippen LogP contribution in [0, 0.1) is 10.1 Å². The van der Waals surface area contributed by atoms with Crippen LogP contribution < -0.4 is 10.9 Å². The van der Waals surface area contributed by atoms with E-state index in [0.29, 0.717) is 11.3 Å². The number of amides is 1. The Hall–Kier alpha value is -4.01. The number of ether oxygens (including phenoxy) is 1. The lowest BCUT2D eigenvalue weighted by Crippen LogP contribution is -2.15. The number of nitrogens with one attached hydrogen (secondary N) is 1. The van der Waals surface area contributed by atoms with Gasteiger partial charge in [0.15, 0.2) is 5.76 Å². The lowest BCUT2D eigenvalue weighted by molar-refractivity contribution is -0.384. The normalized spacial score (nSPS) is 10.5. The van der Waals surface area contributed by atoms with Crippen molar-refractivity contribution >= 4 is 34.0 Å². The molecule has 0 unspecified atom stereocenters. The molecule has 1 aromatic heterocycles. The summed E-state index contributed by atoms with van der Waals surface area (Å²) in [5.41, 5.74) is 0.145. The molecule has 9 nitrogen and oxygen atoms in total. The Balaban J connectivity index is 1.84. The van der Waals surface area contributed by atoms with Crippen molar-refractivity contribution in [2.24, 2.45) is 0 Å². The predicted octanol–water partition coefficient (Wildman–Crippen LogP) is 2.67. The van der Waals surface area contributed by atoms with Crippen LogP contribution in [0.1, 0.15) is 16.1 Å². The number of nitrogens with zero attached hydrogens (tertiary/aromatic N) is 1. The molecule has 0 saturated heterocycles. The number of esters is 1. The fraction of sp³-hybridized carbons (Fsp3) is 0.105. The monoisotopic (exact) mass is 382 g/mol. The highest BCUT2D eigenvalue weighted by Crippen LogP contribution is 2.20. The Labute approximate surface area is 157 Å². The maximum atomic E-state index is 12.4. The summed E-state index contributed by atoms with van der Waals surface area (Å²) in [5.74, 6) is -1.35. The highest BCUT2D eigenvalue weighted by atomic mass is 16.6. The number of carbonyl (C=O) groups is 2. The first-order valence-electron chi connectivity index (χ1n) is 8.07. The van der Waals surface area contributed by atoms with Gasteiger partial charge in [-0.2, -0.15) is 0 Å². The van der Waals surface area contributed by atoms with Gasteiger partial charge in [-0.3, -0.25) is 19.7 Å². The van der Waals surface area contributed by atoms with Crippen molar-refractivity contribution in [1.29, 1.82) is 0 Å². The molecule has 3 aromatic rings. The molecule has 0 aliphatic rings. The zero-order chi connectivity index (χ0) is 20.3. The second kappa shape index (κ2) is 7.70. The number of rotatable bonds is 5. The van der Waals surface area contributed by atoms with Gasteiger partial charge in [0.2, 0.25) is 0 Å². The highest BCUT2D eigenvalue weighted by Gasteiger charge is 2.15. The Morgan fingerprint density at radius 1 is 1.14 bits per heavy atom. The third-order valence-electron chi connectivity index (χ3n) is 3.97. The molecule has 0 radical (unpaired) electrons. The molecule has 9 heteroatoms. The van der Waals surface area contributed by atoms with E-state index < -0.39 is 16.5 Å². The number of hydrogen-bond acceptors (Lipinski definition) is 7. The second-order valence-corrected chi connectivity index (χ2v) is 5.83. The average Bonchev–Trinajstić information content (AvgIpc) is 2.68. The molecule has 28 heavy (non-hydrogen) atoms. The average molecular weight is 382 g/mol. The van der Waals surface area contributed by atoms with E-state index in [4.69, 9.17) is 4.42 Å². The fourth-order valence-corrected chi connectivity index (χ4v) is 2.54. The molecule has 3 rings (SSSR count). The first kappa shape index (κ1) is 18.8. The minimum absolute atomic E-state index is 0.100. The van der Waals surface area contributed by atoms with E-state index in [0.717, 1.165) is 0 Å². The number of nitro groups is 1. The van der Waals surface area contributed by atoms with E-state index in [1.54, 1.807) is 24.3 Å². The molecular formula is C19H14N2O7. The second-order valence-electron chi connectivity index (χ2n) is 5.83. The van der Waals surface area contributed by atoms with Crippen molar-refractivity contribution in [1.82, 2.24) is 0 Å². The van der Waals surface area contributed by atoms with Crippen LogP contribution in [0.5, 0.6) is 0 Å². The number of nitro benzene ring substituents is 1. The summed E-state index contributed by atoms with van der Waals surface area (Å²) in [6.45, 7) is 0. The van der Waals surface area contributed by atoms with Crippen LogP contribution in [0.15, 0.2) is 57.7 Å². The summed E-state index contributed by atoms with van der Waals surface area (Å²) in [7, 11) is 1.29. The maximum absolute atomic E-state index is 12.4. The van der Waals surface area contributed by atoms with Crippen molar-refractivity contribution in [3.8, 4) is 0 Å². The van der Waals surface area contributed by atoms with Crippen LogP contribution in [0.4, 0.5) is 11.4 Å². The van der Waals surface area contributed by atoms with Crippen molar-refractivity contribution in [3.05, 3.63) is 80.4 Å². The van der Waals surface area contributed by atoms with E-state index in [2.05, 4.69) is 10.1 Å². The van der Waals surface area contributed by atoms with Gasteiger partial charge in [0, 0.05) is 17.8 Å². The molecule has 0 spiro atoms. The molecule has 0 aliphatic heterocycles. The van der Waals surface area contributed by atoms with Crippen LogP contribution in [-0.2, 0) is 16.0 Å². The maximum Gasteiger partial charge on any atom is 0.344 e. The molecule has 1 N–H and O–H groups in total. The number of carbonyl (C=O) groups excluding carboxylic acids is 2. The number of benzene rings is 2. The first-order chi connectivity index (χ1) is 13.4. The SMILES string of the molecule is COC(=O)Cc1ccc(NC(=O)c2cc3cc([N+](=O)[O-])ccc3c(=O)o2)cc1. The molecule has 0 atom stereocenters. The zero-order valence-corrected chi connectivity index (χ0v) is 14.6. The van der Waals surface area contributed by atoms with Gasteiger partial charge < -0.3 is 14.5 Å². The van der Waals surface area contributed by atoms with Crippen molar-refractivity contribution in [3.63, 3.8) is 0 Å². The summed E-state index contributed by atoms with van der Waals surface area (Å²) in [6.07, 6.45) is 0.100. The van der Waals surface area contributed by atoms with Gasteiger partial charge in [-0.05, 0) is 35.2 Å². The van der Waals surface area contributed by atoms with Crippen molar-refractivity contribution in [2.75, 3.05) is 12.4 Å². The number of fused-ring (bicyclic) bond motifs is 1. The molecule has 0 saturated carbocycles. The highest BCUT2D eigenvalue weighted by molar-refractivity contribution is 6.04. The Bertz CT molecular complexity index is 1130. The van der Waals surface area contributed by atoms with Crippen LogP contribution in [0.25, 0.3) is 10.8 Å². The number of non-ortho nitro benzene ring substituents is 1. The van der Waals surface area contributed by atoms with Gasteiger partial charge >= 0.3 is 11.6 Å². The smallest absolute Gasteiger partial charge is 0.344 e. The van der Waals surface area contributed by atoms with Gasteiger partial charge in [0.25, 0.3) is 11.6 Å². The summed E-state index contributed by atoms with van der Waals surface area (Å²) in [5, 5.41) is 13.8. The third-order valence-corrected chi connectivity index (χ3v) is 3.97. The Kier molecular flexibility index (Phi) is 5.16. The number of anilines is 1. The minimum atomic E-state index is -0.772. The summed E-state index contributed by atoms with van der Waals surface area (Å²) in [6, 6.07) is 11.4. The molecule has 0 fully saturated rings. The standard InChI is InChI=1S/C19H14N2O7/c1-27-17(22)8-11-2-4-13(5-3-11)20-18(23)16-10-12-9-14(21(25)26)6-7-15(12)19(24)28-16/h2-7,9-10H,8H2,1H3,(H,20,23). The molecule has 142 valence electrons. The summed E-state index contributed by atoms with van der Waals surface area (Å²) >= 11 is 0. The Morgan fingerprint density at radius 2 is 1.86 bits per heavy atom. The van der Waals surface area contributed by atoms with E-state index >= 15 is 0 Å². The minimum Gasteiger partial charge on any atom is -0.469 e. The number of methoxy groups -OCH3 is 1. The zero-order valence-electron chi connectivity index (χ0n) is 14.6. The first-order valence-corrected chi connectivity index (χ1v) is 8.07. The lowest BCUT2D eigenvalue weighted by Gasteiger charge is -2.06. The predicted molar refractivity (Wildman–Crippen MR) is 99.3 cm³/mol. The van der Waals surface area contributed by atoms with Crippen LogP contribution in [0.3, 0.4) is 0 Å². The largest absolute Gasteiger partial charge is 0.469 e. The topological polar surface area (TPSA) is 129 Å². The van der Waals surface area contributed by atoms with Gasteiger partial charge in [-0.1, -0.05) is 12.1 Å². The van der Waals surface area contributed by atoms with E-state index in [1.165, 1.54) is 31.4 Å². The molecule has 1 amide bonds. The van der Waals surface area contributed by atoms with E-state index in [-0.39, 0.29) is 34.6 Å².